The minimum atomic E-state index is 0.257. The summed E-state index contributed by atoms with van der Waals surface area (Å²) in [6.07, 6.45) is 8.48. The van der Waals surface area contributed by atoms with Gasteiger partial charge in [-0.1, -0.05) is 12.7 Å². The summed E-state index contributed by atoms with van der Waals surface area (Å²) in [5.41, 5.74) is 6.96. The second-order valence-corrected chi connectivity index (χ2v) is 2.53. The molecule has 1 rings (SSSR count). The highest BCUT2D eigenvalue weighted by atomic mass is 15.0. The molecular weight excluding hydrogens is 176 g/mol. The quantitative estimate of drug-likeness (QED) is 0.732. The second kappa shape index (κ2) is 4.91. The van der Waals surface area contributed by atoms with E-state index in [9.17, 15) is 0 Å². The van der Waals surface area contributed by atoms with Crippen LogP contribution in [0.15, 0.2) is 42.3 Å². The van der Waals surface area contributed by atoms with Crippen LogP contribution in [0.3, 0.4) is 0 Å². The van der Waals surface area contributed by atoms with Crippen molar-refractivity contribution in [3.63, 3.8) is 0 Å². The van der Waals surface area contributed by atoms with E-state index in [0.29, 0.717) is 0 Å². The molecule has 0 aliphatic rings. The third kappa shape index (κ3) is 2.52. The molecule has 1 aromatic rings. The smallest absolute Gasteiger partial charge is 0.219 e. The van der Waals surface area contributed by atoms with E-state index in [1.807, 2.05) is 19.1 Å². The molecule has 0 spiro atoms. The Morgan fingerprint density at radius 1 is 1.50 bits per heavy atom. The number of hydrogen-bond acceptors (Lipinski definition) is 4. The highest BCUT2D eigenvalue weighted by Gasteiger charge is 1.99. The van der Waals surface area contributed by atoms with E-state index >= 15 is 0 Å². The Hall–Kier alpha value is -1.97. The molecule has 2 N–H and O–H groups in total. The molecule has 0 bridgehead atoms. The first kappa shape index (κ1) is 10.1. The zero-order valence-corrected chi connectivity index (χ0v) is 8.01. The minimum absolute atomic E-state index is 0.257. The Balaban J connectivity index is 3.05. The number of hydrogen-bond donors (Lipinski definition) is 1. The van der Waals surface area contributed by atoms with Crippen molar-refractivity contribution < 1.29 is 0 Å². The fourth-order valence-corrected chi connectivity index (χ4v) is 0.940. The highest BCUT2D eigenvalue weighted by molar-refractivity contribution is 6.08. The van der Waals surface area contributed by atoms with E-state index in [2.05, 4.69) is 21.5 Å². The van der Waals surface area contributed by atoms with Crippen LogP contribution in [0.4, 0.5) is 5.95 Å². The molecule has 0 unspecified atom stereocenters. The predicted octanol–water partition coefficient (Wildman–Crippen LogP) is 1.57. The molecule has 0 saturated carbocycles. The summed E-state index contributed by atoms with van der Waals surface area (Å²) >= 11 is 0. The fraction of sp³-hybridized carbons (Fsp3) is 0.100. The molecule has 0 aliphatic heterocycles. The van der Waals surface area contributed by atoms with Gasteiger partial charge >= 0.3 is 0 Å². The first-order chi connectivity index (χ1) is 6.77. The monoisotopic (exact) mass is 188 g/mol. The Kier molecular flexibility index (Phi) is 3.55. The molecule has 1 aromatic heterocycles. The van der Waals surface area contributed by atoms with Crippen LogP contribution in [0.25, 0.3) is 0 Å². The molecule has 0 aliphatic carbocycles. The molecule has 1 heterocycles. The molecule has 0 aromatic carbocycles. The predicted molar refractivity (Wildman–Crippen MR) is 58.0 cm³/mol. The number of rotatable bonds is 3. The van der Waals surface area contributed by atoms with Crippen LogP contribution >= 0.6 is 0 Å². The number of anilines is 1. The highest BCUT2D eigenvalue weighted by Crippen LogP contribution is 2.01. The van der Waals surface area contributed by atoms with Crippen molar-refractivity contribution in [3.8, 4) is 0 Å². The van der Waals surface area contributed by atoms with E-state index in [0.717, 1.165) is 11.3 Å². The lowest BCUT2D eigenvalue weighted by atomic mass is 10.2. The first-order valence-corrected chi connectivity index (χ1v) is 4.17. The largest absolute Gasteiger partial charge is 0.368 e. The number of allylic oxidation sites excluding steroid dienone is 2. The SMILES string of the molecule is C=CN=C(/C=C\C)c1cnc(N)nc1. The van der Waals surface area contributed by atoms with Gasteiger partial charge in [0, 0.05) is 24.2 Å². The Morgan fingerprint density at radius 2 is 2.14 bits per heavy atom. The van der Waals surface area contributed by atoms with Gasteiger partial charge in [0.05, 0.1) is 5.71 Å². The summed E-state index contributed by atoms with van der Waals surface area (Å²) in [5, 5.41) is 0. The third-order valence-corrected chi connectivity index (χ3v) is 1.52. The second-order valence-electron chi connectivity index (χ2n) is 2.53. The van der Waals surface area contributed by atoms with Crippen LogP contribution in [0.2, 0.25) is 0 Å². The number of nitrogen functional groups attached to an aromatic ring is 1. The van der Waals surface area contributed by atoms with Crippen molar-refractivity contribution in [3.05, 3.63) is 42.9 Å². The first-order valence-electron chi connectivity index (χ1n) is 4.17. The van der Waals surface area contributed by atoms with Crippen LogP contribution in [0.1, 0.15) is 12.5 Å². The van der Waals surface area contributed by atoms with E-state index < -0.39 is 0 Å². The summed E-state index contributed by atoms with van der Waals surface area (Å²) < 4.78 is 0. The molecule has 0 radical (unpaired) electrons. The van der Waals surface area contributed by atoms with Crippen molar-refractivity contribution in [2.24, 2.45) is 4.99 Å². The molecule has 0 atom stereocenters. The molecule has 4 heteroatoms. The van der Waals surface area contributed by atoms with Crippen molar-refractivity contribution in [1.29, 1.82) is 0 Å². The van der Waals surface area contributed by atoms with E-state index in [1.54, 1.807) is 12.4 Å². The van der Waals surface area contributed by atoms with Gasteiger partial charge in [-0.15, -0.1) is 0 Å². The molecular formula is C10H12N4. The van der Waals surface area contributed by atoms with Gasteiger partial charge in [-0.05, 0) is 13.0 Å². The van der Waals surface area contributed by atoms with Gasteiger partial charge in [-0.2, -0.15) is 0 Å². The Labute approximate surface area is 82.9 Å². The molecule has 72 valence electrons. The standard InChI is InChI=1S/C10H12N4/c1-3-5-9(12-4-2)8-6-13-10(11)14-7-8/h3-7H,2H2,1H3,(H2,11,13,14)/b5-3-,12-9?. The van der Waals surface area contributed by atoms with Gasteiger partial charge in [-0.3, -0.25) is 4.99 Å². The summed E-state index contributed by atoms with van der Waals surface area (Å²) in [7, 11) is 0. The minimum Gasteiger partial charge on any atom is -0.368 e. The maximum atomic E-state index is 5.37. The summed E-state index contributed by atoms with van der Waals surface area (Å²) in [5.74, 6) is 0.257. The lowest BCUT2D eigenvalue weighted by Crippen LogP contribution is -2.01. The van der Waals surface area contributed by atoms with E-state index in [4.69, 9.17) is 5.73 Å². The van der Waals surface area contributed by atoms with Crippen LogP contribution in [-0.4, -0.2) is 15.7 Å². The maximum absolute atomic E-state index is 5.37. The van der Waals surface area contributed by atoms with Crippen molar-refractivity contribution in [2.75, 3.05) is 5.73 Å². The summed E-state index contributed by atoms with van der Waals surface area (Å²) in [6, 6.07) is 0. The lowest BCUT2D eigenvalue weighted by Gasteiger charge is -1.99. The van der Waals surface area contributed by atoms with Gasteiger partial charge in [-0.25, -0.2) is 9.97 Å². The van der Waals surface area contributed by atoms with Crippen LogP contribution in [0.5, 0.6) is 0 Å². The third-order valence-electron chi connectivity index (χ3n) is 1.52. The number of nitrogens with two attached hydrogens (primary N) is 1. The number of aromatic nitrogens is 2. The van der Waals surface area contributed by atoms with Crippen LogP contribution < -0.4 is 5.73 Å². The van der Waals surface area contributed by atoms with Crippen LogP contribution in [0, 0.1) is 0 Å². The Bertz CT molecular complexity index is 362. The summed E-state index contributed by atoms with van der Waals surface area (Å²) in [6.45, 7) is 5.45. The normalized spacial score (nSPS) is 11.9. The zero-order chi connectivity index (χ0) is 10.4. The van der Waals surface area contributed by atoms with E-state index in [-0.39, 0.29) is 5.95 Å². The van der Waals surface area contributed by atoms with Crippen molar-refractivity contribution in [2.45, 2.75) is 6.92 Å². The number of aliphatic imine (C=N–C) groups is 1. The van der Waals surface area contributed by atoms with Crippen molar-refractivity contribution >= 4 is 11.7 Å². The molecule has 4 nitrogen and oxygen atoms in total. The topological polar surface area (TPSA) is 64.2 Å². The molecule has 14 heavy (non-hydrogen) atoms. The maximum Gasteiger partial charge on any atom is 0.219 e. The van der Waals surface area contributed by atoms with Gasteiger partial charge in [0.1, 0.15) is 0 Å². The number of nitrogens with zero attached hydrogens (tertiary/aromatic N) is 3. The van der Waals surface area contributed by atoms with E-state index in [1.165, 1.54) is 6.20 Å². The molecule has 0 saturated heterocycles. The van der Waals surface area contributed by atoms with Gasteiger partial charge in [0.2, 0.25) is 5.95 Å². The fourth-order valence-electron chi connectivity index (χ4n) is 0.940. The Morgan fingerprint density at radius 3 is 2.64 bits per heavy atom. The van der Waals surface area contributed by atoms with Gasteiger partial charge < -0.3 is 5.73 Å². The average Bonchev–Trinajstić information content (AvgIpc) is 2.19. The van der Waals surface area contributed by atoms with Crippen molar-refractivity contribution in [1.82, 2.24) is 9.97 Å². The van der Waals surface area contributed by atoms with Crippen LogP contribution in [-0.2, 0) is 0 Å². The van der Waals surface area contributed by atoms with Gasteiger partial charge in [0.15, 0.2) is 0 Å². The molecule has 0 fully saturated rings. The summed E-state index contributed by atoms with van der Waals surface area (Å²) in [4.78, 5) is 11.9. The molecule has 0 amide bonds. The average molecular weight is 188 g/mol. The zero-order valence-electron chi connectivity index (χ0n) is 8.01. The lowest BCUT2D eigenvalue weighted by molar-refractivity contribution is 1.18. The van der Waals surface area contributed by atoms with Gasteiger partial charge in [0.25, 0.3) is 0 Å².